The van der Waals surface area contributed by atoms with Crippen LogP contribution in [0.25, 0.3) is 0 Å². The number of carbonyl (C=O) groups excluding carboxylic acids is 3. The van der Waals surface area contributed by atoms with Crippen molar-refractivity contribution >= 4 is 17.8 Å². The topological polar surface area (TPSA) is 66.9 Å². The van der Waals surface area contributed by atoms with E-state index in [4.69, 9.17) is 4.74 Å². The number of esters is 1. The van der Waals surface area contributed by atoms with E-state index < -0.39 is 5.97 Å². The standard InChI is InChI=1S/C15H18N2O4/c1-2-21-15(20)11-17-10-13(18)16(9-14(17)19)8-12-6-4-3-5-7-12/h3-7H,2,8-11H2,1H3. The molecule has 6 heteroatoms. The summed E-state index contributed by atoms with van der Waals surface area (Å²) in [6.45, 7) is 2.10. The normalized spacial score (nSPS) is 15.3. The van der Waals surface area contributed by atoms with Crippen molar-refractivity contribution < 1.29 is 19.1 Å². The quantitative estimate of drug-likeness (QED) is 0.737. The van der Waals surface area contributed by atoms with Gasteiger partial charge in [0.2, 0.25) is 11.8 Å². The Morgan fingerprint density at radius 2 is 1.71 bits per heavy atom. The molecular weight excluding hydrogens is 272 g/mol. The summed E-state index contributed by atoms with van der Waals surface area (Å²) in [5.74, 6) is -0.892. The first-order valence-corrected chi connectivity index (χ1v) is 6.85. The number of carbonyl (C=O) groups is 3. The second-order valence-corrected chi connectivity index (χ2v) is 4.79. The Balaban J connectivity index is 1.94. The molecule has 1 heterocycles. The molecule has 0 radical (unpaired) electrons. The Bertz CT molecular complexity index is 530. The van der Waals surface area contributed by atoms with Crippen LogP contribution in [0.5, 0.6) is 0 Å². The van der Waals surface area contributed by atoms with Crippen LogP contribution in [0.1, 0.15) is 12.5 Å². The highest BCUT2D eigenvalue weighted by Gasteiger charge is 2.31. The maximum Gasteiger partial charge on any atom is 0.325 e. The highest BCUT2D eigenvalue weighted by atomic mass is 16.5. The Morgan fingerprint density at radius 1 is 1.10 bits per heavy atom. The summed E-state index contributed by atoms with van der Waals surface area (Å²) in [4.78, 5) is 38.2. The minimum absolute atomic E-state index is 0.00681. The van der Waals surface area contributed by atoms with E-state index in [1.807, 2.05) is 30.3 Å². The average Bonchev–Trinajstić information content (AvgIpc) is 2.45. The molecule has 0 saturated carbocycles. The highest BCUT2D eigenvalue weighted by molar-refractivity contribution is 5.94. The molecule has 0 atom stereocenters. The number of ether oxygens (including phenoxy) is 1. The van der Waals surface area contributed by atoms with E-state index >= 15 is 0 Å². The molecule has 0 spiro atoms. The van der Waals surface area contributed by atoms with Gasteiger partial charge in [-0.3, -0.25) is 14.4 Å². The number of hydrogen-bond acceptors (Lipinski definition) is 4. The molecule has 112 valence electrons. The monoisotopic (exact) mass is 290 g/mol. The van der Waals surface area contributed by atoms with Crippen molar-refractivity contribution in [3.63, 3.8) is 0 Å². The Labute approximate surface area is 123 Å². The zero-order valence-electron chi connectivity index (χ0n) is 11.9. The first kappa shape index (κ1) is 15.0. The highest BCUT2D eigenvalue weighted by Crippen LogP contribution is 2.10. The minimum atomic E-state index is -0.491. The summed E-state index contributed by atoms with van der Waals surface area (Å²) in [7, 11) is 0. The summed E-state index contributed by atoms with van der Waals surface area (Å²) in [6, 6.07) is 9.48. The van der Waals surface area contributed by atoms with Crippen LogP contribution < -0.4 is 0 Å². The third-order valence-corrected chi connectivity index (χ3v) is 3.20. The molecule has 6 nitrogen and oxygen atoms in total. The van der Waals surface area contributed by atoms with Gasteiger partial charge in [-0.2, -0.15) is 0 Å². The Kier molecular flexibility index (Phi) is 4.92. The number of rotatable bonds is 5. The van der Waals surface area contributed by atoms with Crippen LogP contribution in [0, 0.1) is 0 Å². The molecule has 1 aliphatic heterocycles. The van der Waals surface area contributed by atoms with Gasteiger partial charge in [-0.05, 0) is 12.5 Å². The number of piperazine rings is 1. The zero-order chi connectivity index (χ0) is 15.2. The molecule has 2 rings (SSSR count). The van der Waals surface area contributed by atoms with E-state index in [-0.39, 0.29) is 38.1 Å². The van der Waals surface area contributed by atoms with Gasteiger partial charge < -0.3 is 14.5 Å². The first-order valence-electron chi connectivity index (χ1n) is 6.85. The van der Waals surface area contributed by atoms with Crippen molar-refractivity contribution in [1.29, 1.82) is 0 Å². The van der Waals surface area contributed by atoms with E-state index in [1.165, 1.54) is 9.80 Å². The van der Waals surface area contributed by atoms with Gasteiger partial charge in [0.05, 0.1) is 6.61 Å². The second-order valence-electron chi connectivity index (χ2n) is 4.79. The molecular formula is C15H18N2O4. The van der Waals surface area contributed by atoms with E-state index in [0.29, 0.717) is 6.54 Å². The fourth-order valence-corrected chi connectivity index (χ4v) is 2.16. The van der Waals surface area contributed by atoms with Crippen molar-refractivity contribution in [3.05, 3.63) is 35.9 Å². The van der Waals surface area contributed by atoms with Gasteiger partial charge in [-0.1, -0.05) is 30.3 Å². The molecule has 0 aliphatic carbocycles. The molecule has 0 unspecified atom stereocenters. The van der Waals surface area contributed by atoms with Gasteiger partial charge in [0.1, 0.15) is 19.6 Å². The lowest BCUT2D eigenvalue weighted by molar-refractivity contribution is -0.156. The second kappa shape index (κ2) is 6.88. The molecule has 1 saturated heterocycles. The van der Waals surface area contributed by atoms with Crippen LogP contribution in [-0.2, 0) is 25.7 Å². The van der Waals surface area contributed by atoms with E-state index in [9.17, 15) is 14.4 Å². The van der Waals surface area contributed by atoms with Crippen LogP contribution in [0.15, 0.2) is 30.3 Å². The number of amides is 2. The maximum absolute atomic E-state index is 12.1. The van der Waals surface area contributed by atoms with Gasteiger partial charge in [0.15, 0.2) is 0 Å². The Morgan fingerprint density at radius 3 is 2.38 bits per heavy atom. The van der Waals surface area contributed by atoms with Crippen LogP contribution in [0.3, 0.4) is 0 Å². The van der Waals surface area contributed by atoms with Gasteiger partial charge in [-0.15, -0.1) is 0 Å². The molecule has 0 N–H and O–H groups in total. The predicted octanol–water partition coefficient (Wildman–Crippen LogP) is 0.420. The number of benzene rings is 1. The molecule has 1 fully saturated rings. The summed E-state index contributed by atoms with van der Waals surface area (Å²) < 4.78 is 4.79. The number of hydrogen-bond donors (Lipinski definition) is 0. The number of nitrogens with zero attached hydrogens (tertiary/aromatic N) is 2. The van der Waals surface area contributed by atoms with Crippen LogP contribution in [0.2, 0.25) is 0 Å². The van der Waals surface area contributed by atoms with Crippen LogP contribution in [0.4, 0.5) is 0 Å². The van der Waals surface area contributed by atoms with Crippen LogP contribution in [-0.4, -0.2) is 53.8 Å². The molecule has 0 aromatic heterocycles. The summed E-state index contributed by atoms with van der Waals surface area (Å²) in [6.07, 6.45) is 0. The van der Waals surface area contributed by atoms with Crippen molar-refractivity contribution in [2.75, 3.05) is 26.2 Å². The van der Waals surface area contributed by atoms with Crippen molar-refractivity contribution in [1.82, 2.24) is 9.80 Å². The summed E-state index contributed by atoms with van der Waals surface area (Å²) in [5, 5.41) is 0. The lowest BCUT2D eigenvalue weighted by Gasteiger charge is -2.33. The minimum Gasteiger partial charge on any atom is -0.465 e. The largest absolute Gasteiger partial charge is 0.465 e. The van der Waals surface area contributed by atoms with Crippen LogP contribution >= 0.6 is 0 Å². The fraction of sp³-hybridized carbons (Fsp3) is 0.400. The van der Waals surface area contributed by atoms with Crippen molar-refractivity contribution in [2.24, 2.45) is 0 Å². The third-order valence-electron chi connectivity index (χ3n) is 3.20. The van der Waals surface area contributed by atoms with Gasteiger partial charge in [-0.25, -0.2) is 0 Å². The lowest BCUT2D eigenvalue weighted by Crippen LogP contribution is -2.54. The maximum atomic E-state index is 12.1. The summed E-state index contributed by atoms with van der Waals surface area (Å²) >= 11 is 0. The first-order chi connectivity index (χ1) is 10.1. The Hall–Kier alpha value is -2.37. The molecule has 2 amide bonds. The van der Waals surface area contributed by atoms with E-state index in [2.05, 4.69) is 0 Å². The molecule has 21 heavy (non-hydrogen) atoms. The van der Waals surface area contributed by atoms with E-state index in [1.54, 1.807) is 6.92 Å². The smallest absolute Gasteiger partial charge is 0.325 e. The predicted molar refractivity (Wildman–Crippen MR) is 75.1 cm³/mol. The van der Waals surface area contributed by atoms with Crippen molar-refractivity contribution in [2.45, 2.75) is 13.5 Å². The third kappa shape index (κ3) is 4.05. The average molecular weight is 290 g/mol. The van der Waals surface area contributed by atoms with Gasteiger partial charge in [0, 0.05) is 6.54 Å². The molecule has 1 aromatic carbocycles. The molecule has 1 aromatic rings. The van der Waals surface area contributed by atoms with E-state index in [0.717, 1.165) is 5.56 Å². The molecule has 1 aliphatic rings. The summed E-state index contributed by atoms with van der Waals surface area (Å²) in [5.41, 5.74) is 0.970. The fourth-order valence-electron chi connectivity index (χ4n) is 2.16. The van der Waals surface area contributed by atoms with Crippen molar-refractivity contribution in [3.8, 4) is 0 Å². The lowest BCUT2D eigenvalue weighted by atomic mass is 10.2. The van der Waals surface area contributed by atoms with Gasteiger partial charge >= 0.3 is 5.97 Å². The SMILES string of the molecule is CCOC(=O)CN1CC(=O)N(Cc2ccccc2)CC1=O. The zero-order valence-corrected chi connectivity index (χ0v) is 11.9. The molecule has 0 bridgehead atoms. The van der Waals surface area contributed by atoms with Gasteiger partial charge in [0.25, 0.3) is 0 Å².